The van der Waals surface area contributed by atoms with Crippen molar-refractivity contribution in [1.82, 2.24) is 4.90 Å². The first-order valence-electron chi connectivity index (χ1n) is 9.63. The number of anilines is 2. The molecule has 0 saturated carbocycles. The number of amides is 3. The van der Waals surface area contributed by atoms with E-state index >= 15 is 0 Å². The zero-order valence-electron chi connectivity index (χ0n) is 16.6. The van der Waals surface area contributed by atoms with Crippen LogP contribution < -0.4 is 10.2 Å². The normalized spacial score (nSPS) is 13.5. The minimum atomic E-state index is -0.338. The molecule has 0 bridgehead atoms. The molecule has 7 heteroatoms. The highest BCUT2D eigenvalue weighted by atomic mass is 35.5. The number of nitrogens with one attached hydrogen (secondary N) is 1. The predicted octanol–water partition coefficient (Wildman–Crippen LogP) is 3.74. The fourth-order valence-electron chi connectivity index (χ4n) is 3.44. The Bertz CT molecular complexity index is 945. The molecule has 1 fully saturated rings. The summed E-state index contributed by atoms with van der Waals surface area (Å²) in [6, 6.07) is 12.4. The third-order valence-electron chi connectivity index (χ3n) is 4.95. The van der Waals surface area contributed by atoms with E-state index < -0.39 is 0 Å². The van der Waals surface area contributed by atoms with Crippen LogP contribution in [0.25, 0.3) is 0 Å². The largest absolute Gasteiger partial charge is 0.332 e. The van der Waals surface area contributed by atoms with Crippen LogP contribution in [0.3, 0.4) is 0 Å². The molecule has 152 valence electrons. The maximum atomic E-state index is 13.0. The van der Waals surface area contributed by atoms with Gasteiger partial charge in [-0.15, -0.1) is 0 Å². The van der Waals surface area contributed by atoms with Gasteiger partial charge in [-0.05, 0) is 42.7 Å². The summed E-state index contributed by atoms with van der Waals surface area (Å²) in [4.78, 5) is 40.6. The highest BCUT2D eigenvalue weighted by molar-refractivity contribution is 6.31. The predicted molar refractivity (Wildman–Crippen MR) is 114 cm³/mol. The first-order valence-corrected chi connectivity index (χ1v) is 10.0. The summed E-state index contributed by atoms with van der Waals surface area (Å²) in [5.41, 5.74) is 2.63. The molecule has 6 nitrogen and oxygen atoms in total. The lowest BCUT2D eigenvalue weighted by Gasteiger charge is -2.23. The topological polar surface area (TPSA) is 69.7 Å². The van der Waals surface area contributed by atoms with Gasteiger partial charge in [0.2, 0.25) is 11.8 Å². The second-order valence-electron chi connectivity index (χ2n) is 7.03. The van der Waals surface area contributed by atoms with Crippen LogP contribution in [0.5, 0.6) is 0 Å². The van der Waals surface area contributed by atoms with Gasteiger partial charge in [0.1, 0.15) is 0 Å². The van der Waals surface area contributed by atoms with Gasteiger partial charge in [0.15, 0.2) is 0 Å². The molecule has 1 aliphatic heterocycles. The SMILES string of the molecule is CCc1ccccc1NC(=O)CN(C)C(=O)c1ccc(Cl)cc1N1CCCC1=O. The molecule has 0 aromatic heterocycles. The maximum Gasteiger partial charge on any atom is 0.256 e. The number of carbonyl (C=O) groups excluding carboxylic acids is 3. The number of aryl methyl sites for hydroxylation is 1. The Labute approximate surface area is 175 Å². The Morgan fingerprint density at radius 2 is 1.97 bits per heavy atom. The lowest BCUT2D eigenvalue weighted by Crippen LogP contribution is -2.36. The van der Waals surface area contributed by atoms with Gasteiger partial charge in [0.25, 0.3) is 5.91 Å². The van der Waals surface area contributed by atoms with Crippen molar-refractivity contribution < 1.29 is 14.4 Å². The first kappa shape index (κ1) is 20.9. The molecule has 1 aliphatic rings. The molecule has 1 saturated heterocycles. The average molecular weight is 414 g/mol. The van der Waals surface area contributed by atoms with Crippen LogP contribution in [0.1, 0.15) is 35.7 Å². The number of hydrogen-bond acceptors (Lipinski definition) is 3. The quantitative estimate of drug-likeness (QED) is 0.784. The monoisotopic (exact) mass is 413 g/mol. The summed E-state index contributed by atoms with van der Waals surface area (Å²) in [5.74, 6) is -0.650. The Hall–Kier alpha value is -2.86. The van der Waals surface area contributed by atoms with E-state index in [2.05, 4.69) is 5.32 Å². The number of para-hydroxylation sites is 1. The summed E-state index contributed by atoms with van der Waals surface area (Å²) in [6.45, 7) is 2.46. The Kier molecular flexibility index (Phi) is 6.54. The second kappa shape index (κ2) is 9.09. The van der Waals surface area contributed by atoms with E-state index in [1.54, 1.807) is 30.1 Å². The van der Waals surface area contributed by atoms with E-state index in [4.69, 9.17) is 11.6 Å². The minimum absolute atomic E-state index is 0.0297. The number of likely N-dealkylation sites (N-methyl/N-ethyl adjacent to an activating group) is 1. The lowest BCUT2D eigenvalue weighted by atomic mass is 10.1. The van der Waals surface area contributed by atoms with Crippen LogP contribution >= 0.6 is 11.6 Å². The molecule has 0 unspecified atom stereocenters. The highest BCUT2D eigenvalue weighted by Crippen LogP contribution is 2.29. The zero-order chi connectivity index (χ0) is 21.0. The van der Waals surface area contributed by atoms with Crippen LogP contribution in [-0.4, -0.2) is 42.8 Å². The van der Waals surface area contributed by atoms with E-state index in [-0.39, 0.29) is 24.3 Å². The van der Waals surface area contributed by atoms with Crippen LogP contribution in [0.15, 0.2) is 42.5 Å². The molecule has 1 N–H and O–H groups in total. The fourth-order valence-corrected chi connectivity index (χ4v) is 3.61. The number of benzene rings is 2. The summed E-state index contributed by atoms with van der Waals surface area (Å²) < 4.78 is 0. The van der Waals surface area contributed by atoms with Gasteiger partial charge in [-0.2, -0.15) is 0 Å². The number of rotatable bonds is 6. The van der Waals surface area contributed by atoms with Crippen LogP contribution in [0, 0.1) is 0 Å². The fraction of sp³-hybridized carbons (Fsp3) is 0.318. The Morgan fingerprint density at radius 1 is 1.21 bits per heavy atom. The molecule has 2 aromatic carbocycles. The molecular formula is C22H24ClN3O3. The second-order valence-corrected chi connectivity index (χ2v) is 7.47. The standard InChI is InChI=1S/C22H24ClN3O3/c1-3-15-7-4-5-8-18(15)24-20(27)14-25(2)22(29)17-11-10-16(23)13-19(17)26-12-6-9-21(26)28/h4-5,7-8,10-11,13H,3,6,9,12,14H2,1-2H3,(H,24,27). The molecule has 29 heavy (non-hydrogen) atoms. The summed E-state index contributed by atoms with van der Waals surface area (Å²) >= 11 is 6.10. The van der Waals surface area contributed by atoms with Gasteiger partial charge in [-0.3, -0.25) is 14.4 Å². The van der Waals surface area contributed by atoms with Gasteiger partial charge < -0.3 is 15.1 Å². The van der Waals surface area contributed by atoms with Crippen molar-refractivity contribution in [3.05, 3.63) is 58.6 Å². The molecule has 0 atom stereocenters. The van der Waals surface area contributed by atoms with Crippen molar-refractivity contribution in [3.8, 4) is 0 Å². The molecule has 3 rings (SSSR count). The number of carbonyl (C=O) groups is 3. The molecule has 0 aliphatic carbocycles. The first-order chi connectivity index (χ1) is 13.9. The minimum Gasteiger partial charge on any atom is -0.332 e. The van der Waals surface area contributed by atoms with Gasteiger partial charge in [-0.25, -0.2) is 0 Å². The van der Waals surface area contributed by atoms with E-state index in [0.29, 0.717) is 29.2 Å². The maximum absolute atomic E-state index is 13.0. The highest BCUT2D eigenvalue weighted by Gasteiger charge is 2.27. The van der Waals surface area contributed by atoms with E-state index in [0.717, 1.165) is 24.1 Å². The third kappa shape index (κ3) is 4.77. The van der Waals surface area contributed by atoms with Crippen molar-refractivity contribution in [1.29, 1.82) is 0 Å². The van der Waals surface area contributed by atoms with E-state index in [9.17, 15) is 14.4 Å². The number of nitrogens with zero attached hydrogens (tertiary/aromatic N) is 2. The Balaban J connectivity index is 1.75. The third-order valence-corrected chi connectivity index (χ3v) is 5.19. The van der Waals surface area contributed by atoms with Gasteiger partial charge in [0.05, 0.1) is 17.8 Å². The average Bonchev–Trinajstić information content (AvgIpc) is 3.13. The van der Waals surface area contributed by atoms with Crippen molar-refractivity contribution in [3.63, 3.8) is 0 Å². The van der Waals surface area contributed by atoms with Crippen molar-refractivity contribution in [2.45, 2.75) is 26.2 Å². The van der Waals surface area contributed by atoms with Crippen molar-refractivity contribution >= 4 is 40.7 Å². The van der Waals surface area contributed by atoms with Crippen molar-refractivity contribution in [2.24, 2.45) is 0 Å². The number of hydrogen-bond donors (Lipinski definition) is 1. The smallest absolute Gasteiger partial charge is 0.256 e. The molecule has 1 heterocycles. The molecular weight excluding hydrogens is 390 g/mol. The van der Waals surface area contributed by atoms with Crippen molar-refractivity contribution in [2.75, 3.05) is 30.4 Å². The summed E-state index contributed by atoms with van der Waals surface area (Å²) in [5, 5.41) is 3.32. The van der Waals surface area contributed by atoms with Gasteiger partial charge in [0, 0.05) is 30.7 Å². The van der Waals surface area contributed by atoms with Crippen LogP contribution in [0.2, 0.25) is 5.02 Å². The molecule has 3 amide bonds. The van der Waals surface area contributed by atoms with Gasteiger partial charge >= 0.3 is 0 Å². The van der Waals surface area contributed by atoms with E-state index in [1.807, 2.05) is 31.2 Å². The number of halogens is 1. The van der Waals surface area contributed by atoms with Crippen LogP contribution in [-0.2, 0) is 16.0 Å². The molecule has 0 spiro atoms. The summed E-state index contributed by atoms with van der Waals surface area (Å²) in [6.07, 6.45) is 1.99. The van der Waals surface area contributed by atoms with Crippen LogP contribution in [0.4, 0.5) is 11.4 Å². The van der Waals surface area contributed by atoms with Gasteiger partial charge in [-0.1, -0.05) is 36.7 Å². The van der Waals surface area contributed by atoms with E-state index in [1.165, 1.54) is 4.90 Å². The molecule has 2 aromatic rings. The lowest BCUT2D eigenvalue weighted by molar-refractivity contribution is -0.117. The Morgan fingerprint density at radius 3 is 2.66 bits per heavy atom. The zero-order valence-corrected chi connectivity index (χ0v) is 17.3. The summed E-state index contributed by atoms with van der Waals surface area (Å²) in [7, 11) is 1.57. The molecule has 0 radical (unpaired) electrons.